The summed E-state index contributed by atoms with van der Waals surface area (Å²) < 4.78 is 5.98. The van der Waals surface area contributed by atoms with Crippen LogP contribution in [-0.2, 0) is 27.4 Å². The molecule has 1 unspecified atom stereocenters. The molecule has 2 aromatic carbocycles. The predicted octanol–water partition coefficient (Wildman–Crippen LogP) is 2.75. The highest BCUT2D eigenvalue weighted by atomic mass is 16.5. The van der Waals surface area contributed by atoms with Crippen molar-refractivity contribution in [2.45, 2.75) is 45.5 Å². The molecule has 186 valence electrons. The fraction of sp³-hybridized carbons (Fsp3) is 0.440. The van der Waals surface area contributed by atoms with E-state index in [9.17, 15) is 30.0 Å². The van der Waals surface area contributed by atoms with E-state index in [4.69, 9.17) is 4.74 Å². The maximum Gasteiger partial charge on any atom is 0.317 e. The molecular weight excluding hydrogens is 440 g/mol. The van der Waals surface area contributed by atoms with Gasteiger partial charge in [-0.3, -0.25) is 19.4 Å². The molecule has 9 heteroatoms. The molecule has 34 heavy (non-hydrogen) atoms. The summed E-state index contributed by atoms with van der Waals surface area (Å²) in [6.45, 7) is 5.60. The Morgan fingerprint density at radius 3 is 1.82 bits per heavy atom. The standard InChI is InChI=1S/C25H34N2O7/c1-25(2,3)34-17-20(27(16-24(32)33)13-19-9-5-7-11-22(19)29)14-26(15-23(30)31)12-18-8-4-6-10-21(18)28/h4-11,20,28-29H,12-17H2,1-3H3,(H,30,31)(H,32,33). The zero-order valence-corrected chi connectivity index (χ0v) is 19.8. The van der Waals surface area contributed by atoms with Gasteiger partial charge in [0, 0.05) is 36.8 Å². The number of para-hydroxylation sites is 2. The number of hydrogen-bond donors (Lipinski definition) is 4. The monoisotopic (exact) mass is 474 g/mol. The van der Waals surface area contributed by atoms with E-state index in [-0.39, 0.29) is 50.8 Å². The summed E-state index contributed by atoms with van der Waals surface area (Å²) in [7, 11) is 0. The van der Waals surface area contributed by atoms with E-state index in [1.54, 1.807) is 46.2 Å². The summed E-state index contributed by atoms with van der Waals surface area (Å²) in [5.74, 6) is -2.00. The molecular formula is C25H34N2O7. The summed E-state index contributed by atoms with van der Waals surface area (Å²) in [5, 5.41) is 39.5. The highest BCUT2D eigenvalue weighted by Crippen LogP contribution is 2.22. The van der Waals surface area contributed by atoms with Crippen LogP contribution >= 0.6 is 0 Å². The van der Waals surface area contributed by atoms with Crippen LogP contribution in [0.2, 0.25) is 0 Å². The van der Waals surface area contributed by atoms with Crippen LogP contribution < -0.4 is 0 Å². The van der Waals surface area contributed by atoms with Gasteiger partial charge in [0.2, 0.25) is 0 Å². The Hall–Kier alpha value is -3.14. The molecule has 0 heterocycles. The summed E-state index contributed by atoms with van der Waals surface area (Å²) in [6.07, 6.45) is 0. The fourth-order valence-corrected chi connectivity index (χ4v) is 3.53. The van der Waals surface area contributed by atoms with Crippen molar-refractivity contribution in [1.82, 2.24) is 9.80 Å². The summed E-state index contributed by atoms with van der Waals surface area (Å²) in [4.78, 5) is 26.6. The first-order valence-corrected chi connectivity index (χ1v) is 11.0. The van der Waals surface area contributed by atoms with Crippen LogP contribution in [0.25, 0.3) is 0 Å². The first kappa shape index (κ1) is 27.1. The lowest BCUT2D eigenvalue weighted by molar-refractivity contribution is -0.142. The lowest BCUT2D eigenvalue weighted by Gasteiger charge is -2.36. The van der Waals surface area contributed by atoms with Crippen molar-refractivity contribution in [1.29, 1.82) is 0 Å². The first-order chi connectivity index (χ1) is 15.9. The number of benzene rings is 2. The van der Waals surface area contributed by atoms with Crippen LogP contribution in [0.4, 0.5) is 0 Å². The molecule has 0 aliphatic rings. The summed E-state index contributed by atoms with van der Waals surface area (Å²) >= 11 is 0. The SMILES string of the molecule is CC(C)(C)OCC(CN(CC(=O)O)Cc1ccccc1O)N(CC(=O)O)Cc1ccccc1O. The van der Waals surface area contributed by atoms with Gasteiger partial charge in [-0.1, -0.05) is 36.4 Å². The Morgan fingerprint density at radius 2 is 1.35 bits per heavy atom. The number of phenols is 2. The first-order valence-electron chi connectivity index (χ1n) is 11.0. The number of ether oxygens (including phenoxy) is 1. The van der Waals surface area contributed by atoms with Crippen molar-refractivity contribution in [3.63, 3.8) is 0 Å². The molecule has 0 fully saturated rings. The molecule has 0 aliphatic carbocycles. The molecule has 1 atom stereocenters. The Balaban J connectivity index is 2.36. The molecule has 0 spiro atoms. The topological polar surface area (TPSA) is 131 Å². The zero-order chi connectivity index (χ0) is 25.3. The second-order valence-corrected chi connectivity index (χ2v) is 9.20. The molecule has 0 aromatic heterocycles. The fourth-order valence-electron chi connectivity index (χ4n) is 3.53. The molecule has 0 saturated carbocycles. The van der Waals surface area contributed by atoms with Crippen LogP contribution in [0.15, 0.2) is 48.5 Å². The van der Waals surface area contributed by atoms with Gasteiger partial charge in [0.15, 0.2) is 0 Å². The van der Waals surface area contributed by atoms with Gasteiger partial charge in [-0.15, -0.1) is 0 Å². The van der Waals surface area contributed by atoms with Crippen molar-refractivity contribution in [3.8, 4) is 11.5 Å². The van der Waals surface area contributed by atoms with Crippen LogP contribution in [0.1, 0.15) is 31.9 Å². The quantitative estimate of drug-likeness (QED) is 0.346. The Kier molecular flexibility index (Phi) is 9.85. The van der Waals surface area contributed by atoms with Gasteiger partial charge in [-0.2, -0.15) is 0 Å². The number of nitrogens with zero attached hydrogens (tertiary/aromatic N) is 2. The van der Waals surface area contributed by atoms with Gasteiger partial charge in [0.25, 0.3) is 0 Å². The smallest absolute Gasteiger partial charge is 0.317 e. The van der Waals surface area contributed by atoms with Gasteiger partial charge in [-0.25, -0.2) is 0 Å². The third-order valence-electron chi connectivity index (χ3n) is 5.14. The molecule has 0 radical (unpaired) electrons. The van der Waals surface area contributed by atoms with Crippen LogP contribution in [0.5, 0.6) is 11.5 Å². The zero-order valence-electron chi connectivity index (χ0n) is 19.8. The van der Waals surface area contributed by atoms with Crippen molar-refractivity contribution < 1.29 is 34.8 Å². The normalized spacial score (nSPS) is 12.7. The summed E-state index contributed by atoms with van der Waals surface area (Å²) in [6, 6.07) is 12.8. The number of phenolic OH excluding ortho intramolecular Hbond substituents is 2. The van der Waals surface area contributed by atoms with E-state index in [2.05, 4.69) is 0 Å². The largest absolute Gasteiger partial charge is 0.508 e. The number of hydrogen-bond acceptors (Lipinski definition) is 7. The number of aromatic hydroxyl groups is 2. The molecule has 0 saturated heterocycles. The average Bonchev–Trinajstić information content (AvgIpc) is 2.72. The van der Waals surface area contributed by atoms with Gasteiger partial charge < -0.3 is 25.2 Å². The number of carbonyl (C=O) groups is 2. The minimum absolute atomic E-state index is 0.0463. The average molecular weight is 475 g/mol. The van der Waals surface area contributed by atoms with Gasteiger partial charge >= 0.3 is 11.9 Å². The summed E-state index contributed by atoms with van der Waals surface area (Å²) in [5.41, 5.74) is 0.608. The van der Waals surface area contributed by atoms with Crippen molar-refractivity contribution in [3.05, 3.63) is 59.7 Å². The predicted molar refractivity (Wildman–Crippen MR) is 127 cm³/mol. The van der Waals surface area contributed by atoms with Crippen molar-refractivity contribution in [2.75, 3.05) is 26.2 Å². The molecule has 2 rings (SSSR count). The minimum Gasteiger partial charge on any atom is -0.508 e. The Labute approximate surface area is 199 Å². The number of carboxylic acid groups (broad SMARTS) is 2. The molecule has 9 nitrogen and oxygen atoms in total. The van der Waals surface area contributed by atoms with Crippen molar-refractivity contribution >= 4 is 11.9 Å². The highest BCUT2D eigenvalue weighted by Gasteiger charge is 2.28. The number of aliphatic carboxylic acids is 2. The third kappa shape index (κ3) is 9.38. The molecule has 4 N–H and O–H groups in total. The molecule has 0 amide bonds. The van der Waals surface area contributed by atoms with Gasteiger partial charge in [-0.05, 0) is 32.9 Å². The lowest BCUT2D eigenvalue weighted by Crippen LogP contribution is -2.49. The highest BCUT2D eigenvalue weighted by molar-refractivity contribution is 5.69. The van der Waals surface area contributed by atoms with Gasteiger partial charge in [0.05, 0.1) is 25.3 Å². The van der Waals surface area contributed by atoms with Gasteiger partial charge in [0.1, 0.15) is 11.5 Å². The minimum atomic E-state index is -1.05. The Bertz CT molecular complexity index is 958. The van der Waals surface area contributed by atoms with E-state index < -0.39 is 23.6 Å². The maximum absolute atomic E-state index is 11.7. The van der Waals surface area contributed by atoms with E-state index in [1.165, 1.54) is 12.1 Å². The van der Waals surface area contributed by atoms with Crippen LogP contribution in [0.3, 0.4) is 0 Å². The van der Waals surface area contributed by atoms with E-state index in [1.807, 2.05) is 20.8 Å². The number of rotatable bonds is 13. The van der Waals surface area contributed by atoms with Crippen LogP contribution in [0, 0.1) is 0 Å². The molecule has 2 aromatic rings. The van der Waals surface area contributed by atoms with E-state index in [0.717, 1.165) is 0 Å². The number of carboxylic acids is 2. The molecule has 0 aliphatic heterocycles. The maximum atomic E-state index is 11.7. The lowest BCUT2D eigenvalue weighted by atomic mass is 10.1. The second-order valence-electron chi connectivity index (χ2n) is 9.20. The third-order valence-corrected chi connectivity index (χ3v) is 5.14. The van der Waals surface area contributed by atoms with E-state index >= 15 is 0 Å². The van der Waals surface area contributed by atoms with Crippen LogP contribution in [-0.4, -0.2) is 80.0 Å². The molecule has 0 bridgehead atoms. The second kappa shape index (κ2) is 12.4. The van der Waals surface area contributed by atoms with E-state index in [0.29, 0.717) is 11.1 Å². The van der Waals surface area contributed by atoms with Crippen molar-refractivity contribution in [2.24, 2.45) is 0 Å². The Morgan fingerprint density at radius 1 is 0.853 bits per heavy atom.